The first kappa shape index (κ1) is 23.1. The second-order valence-electron chi connectivity index (χ2n) is 9.23. The molecule has 3 fully saturated rings. The van der Waals surface area contributed by atoms with Crippen LogP contribution in [0.25, 0.3) is 11.5 Å². The van der Waals surface area contributed by atoms with E-state index in [0.717, 1.165) is 38.5 Å². The maximum Gasteiger partial charge on any atom is 0.254 e. The Morgan fingerprint density at radius 3 is 2.46 bits per heavy atom. The van der Waals surface area contributed by atoms with Crippen molar-refractivity contribution in [1.29, 1.82) is 0 Å². The van der Waals surface area contributed by atoms with Gasteiger partial charge in [0.25, 0.3) is 5.91 Å². The first-order valence-corrected chi connectivity index (χ1v) is 11.1. The number of aromatic hydroxyl groups is 1. The normalized spacial score (nSPS) is 23.3. The van der Waals surface area contributed by atoms with Crippen molar-refractivity contribution in [2.24, 2.45) is 5.41 Å². The number of rotatable bonds is 6. The van der Waals surface area contributed by atoms with Crippen molar-refractivity contribution in [2.45, 2.75) is 43.9 Å². The number of methoxy groups -OCH3 is 1. The van der Waals surface area contributed by atoms with Gasteiger partial charge in [0.2, 0.25) is 23.4 Å². The van der Waals surface area contributed by atoms with E-state index in [9.17, 15) is 18.0 Å². The summed E-state index contributed by atoms with van der Waals surface area (Å²) in [6.07, 6.45) is 4.55. The highest BCUT2D eigenvalue weighted by molar-refractivity contribution is 5.94. The van der Waals surface area contributed by atoms with Crippen molar-refractivity contribution < 1.29 is 32.3 Å². The highest BCUT2D eigenvalue weighted by Gasteiger charge is 2.52. The Hall–Kier alpha value is -3.70. The molecule has 2 N–H and O–H groups in total. The molecule has 9 nitrogen and oxygen atoms in total. The number of nitrogens with zero attached hydrogens (tertiary/aromatic N) is 4. The summed E-state index contributed by atoms with van der Waals surface area (Å²) in [7, 11) is 1.50. The summed E-state index contributed by atoms with van der Waals surface area (Å²) in [5.74, 6) is -5.88. The summed E-state index contributed by atoms with van der Waals surface area (Å²) in [6.45, 7) is 0.238. The molecule has 1 amide bonds. The molecule has 6 rings (SSSR count). The quantitative estimate of drug-likeness (QED) is 0.503. The molecule has 0 atom stereocenters. The molecule has 3 aromatic rings. The van der Waals surface area contributed by atoms with Gasteiger partial charge in [-0.15, -0.1) is 10.2 Å². The number of hydrogen-bond donors (Lipinski definition) is 2. The first-order valence-electron chi connectivity index (χ1n) is 11.1. The van der Waals surface area contributed by atoms with Gasteiger partial charge in [-0.2, -0.15) is 9.37 Å². The van der Waals surface area contributed by atoms with E-state index >= 15 is 0 Å². The molecule has 0 unspecified atom stereocenters. The molecule has 3 saturated carbocycles. The number of amides is 1. The van der Waals surface area contributed by atoms with Crippen LogP contribution in [-0.2, 0) is 5.41 Å². The van der Waals surface area contributed by atoms with E-state index in [4.69, 9.17) is 14.4 Å². The topological polar surface area (TPSA) is 123 Å². The highest BCUT2D eigenvalue weighted by atomic mass is 19.2. The summed E-state index contributed by atoms with van der Waals surface area (Å²) in [4.78, 5) is 17.0. The fourth-order valence-electron chi connectivity index (χ4n) is 5.05. The zero-order valence-electron chi connectivity index (χ0n) is 18.8. The average molecular weight is 489 g/mol. The number of ether oxygens (including phenoxy) is 1. The number of carbonyl (C=O) groups excluding carboxylic acids is 1. The smallest absolute Gasteiger partial charge is 0.254 e. The first-order chi connectivity index (χ1) is 16.8. The van der Waals surface area contributed by atoms with Crippen LogP contribution in [0.1, 0.15) is 54.8 Å². The lowest BCUT2D eigenvalue weighted by Gasteiger charge is -2.51. The molecule has 35 heavy (non-hydrogen) atoms. The number of aromatic nitrogens is 4. The SMILES string of the molecule is COc1ccc(-c2noc(C34CCC(CNC(=O)c5cc(F)c(O)c(F)c5F)(CC3)CC4)n2)nn1. The molecule has 3 aliphatic rings. The van der Waals surface area contributed by atoms with Gasteiger partial charge in [0.05, 0.1) is 12.7 Å². The number of phenolic OH excluding ortho intramolecular Hbond substituents is 1. The molecule has 0 radical (unpaired) electrons. The summed E-state index contributed by atoms with van der Waals surface area (Å²) in [5.41, 5.74) is -0.802. The van der Waals surface area contributed by atoms with Crippen LogP contribution in [0.5, 0.6) is 11.6 Å². The van der Waals surface area contributed by atoms with Gasteiger partial charge in [-0.1, -0.05) is 5.16 Å². The van der Waals surface area contributed by atoms with E-state index in [-0.39, 0.29) is 17.4 Å². The second-order valence-corrected chi connectivity index (χ2v) is 9.23. The Morgan fingerprint density at radius 2 is 1.83 bits per heavy atom. The van der Waals surface area contributed by atoms with E-state index in [0.29, 0.717) is 29.4 Å². The minimum atomic E-state index is -1.78. The number of benzene rings is 1. The molecule has 12 heteroatoms. The number of halogens is 3. The predicted molar refractivity (Wildman–Crippen MR) is 114 cm³/mol. The number of nitrogens with one attached hydrogen (secondary N) is 1. The van der Waals surface area contributed by atoms with E-state index in [1.54, 1.807) is 12.1 Å². The van der Waals surface area contributed by atoms with Gasteiger partial charge >= 0.3 is 0 Å². The minimum Gasteiger partial charge on any atom is -0.503 e. The van der Waals surface area contributed by atoms with Crippen molar-refractivity contribution in [3.63, 3.8) is 0 Å². The Bertz CT molecular complexity index is 1260. The Morgan fingerprint density at radius 1 is 1.11 bits per heavy atom. The fraction of sp³-hybridized carbons (Fsp3) is 0.435. The number of hydrogen-bond acceptors (Lipinski definition) is 8. The zero-order chi connectivity index (χ0) is 24.8. The highest BCUT2D eigenvalue weighted by Crippen LogP contribution is 2.57. The summed E-state index contributed by atoms with van der Waals surface area (Å²) >= 11 is 0. The van der Waals surface area contributed by atoms with Crippen molar-refractivity contribution in [3.05, 3.63) is 47.1 Å². The standard InChI is InChI=1S/C23H22F3N5O4/c1-34-15-3-2-14(29-30-15)19-28-21(35-31-19)23-7-4-22(5-8-23,6-9-23)11-27-20(33)12-10-13(24)18(32)17(26)16(12)25/h2-3,10,32H,4-9,11H2,1H3,(H,27,33). The summed E-state index contributed by atoms with van der Waals surface area (Å²) < 4.78 is 51.9. The van der Waals surface area contributed by atoms with Gasteiger partial charge in [0, 0.05) is 18.0 Å². The Balaban J connectivity index is 1.25. The molecule has 2 heterocycles. The van der Waals surface area contributed by atoms with Crippen LogP contribution in [0.15, 0.2) is 22.7 Å². The molecule has 0 saturated heterocycles. The van der Waals surface area contributed by atoms with Crippen molar-refractivity contribution in [1.82, 2.24) is 25.7 Å². The van der Waals surface area contributed by atoms with E-state index < -0.39 is 34.7 Å². The van der Waals surface area contributed by atoms with Crippen molar-refractivity contribution in [3.8, 4) is 23.1 Å². The Labute approximate surface area is 197 Å². The largest absolute Gasteiger partial charge is 0.503 e. The van der Waals surface area contributed by atoms with E-state index in [2.05, 4.69) is 25.7 Å². The molecule has 1 aromatic carbocycles. The predicted octanol–water partition coefficient (Wildman–Crippen LogP) is 3.68. The number of carbonyl (C=O) groups is 1. The van der Waals surface area contributed by atoms with E-state index in [1.807, 2.05) is 0 Å². The molecule has 0 aliphatic heterocycles. The van der Waals surface area contributed by atoms with Gasteiger partial charge in [0.15, 0.2) is 17.4 Å². The minimum absolute atomic E-state index is 0.216. The van der Waals surface area contributed by atoms with Gasteiger partial charge in [-0.25, -0.2) is 8.78 Å². The van der Waals surface area contributed by atoms with Crippen LogP contribution in [0.4, 0.5) is 13.2 Å². The van der Waals surface area contributed by atoms with Crippen molar-refractivity contribution >= 4 is 5.91 Å². The maximum atomic E-state index is 14.0. The van der Waals surface area contributed by atoms with Crippen LogP contribution in [0, 0.1) is 22.9 Å². The third kappa shape index (κ3) is 3.96. The van der Waals surface area contributed by atoms with Gasteiger partial charge in [-0.05, 0) is 56.1 Å². The van der Waals surface area contributed by atoms with Gasteiger partial charge in [0.1, 0.15) is 5.69 Å². The second kappa shape index (κ2) is 8.51. The monoisotopic (exact) mass is 489 g/mol. The average Bonchev–Trinajstić information content (AvgIpc) is 3.41. The fourth-order valence-corrected chi connectivity index (χ4v) is 5.05. The number of fused-ring (bicyclic) bond motifs is 3. The molecule has 0 spiro atoms. The third-order valence-electron chi connectivity index (χ3n) is 7.36. The molecule has 2 bridgehead atoms. The Kier molecular flexibility index (Phi) is 5.60. The lowest BCUT2D eigenvalue weighted by atomic mass is 9.53. The van der Waals surface area contributed by atoms with Crippen molar-refractivity contribution in [2.75, 3.05) is 13.7 Å². The molecular formula is C23H22F3N5O4. The van der Waals surface area contributed by atoms with Crippen LogP contribution < -0.4 is 10.1 Å². The zero-order valence-corrected chi connectivity index (χ0v) is 18.8. The van der Waals surface area contributed by atoms with Gasteiger partial charge < -0.3 is 19.7 Å². The molecule has 184 valence electrons. The van der Waals surface area contributed by atoms with Crippen LogP contribution in [0.2, 0.25) is 0 Å². The lowest BCUT2D eigenvalue weighted by molar-refractivity contribution is 0.0228. The maximum absolute atomic E-state index is 14.0. The van der Waals surface area contributed by atoms with Crippen LogP contribution in [0.3, 0.4) is 0 Å². The molecule has 3 aliphatic carbocycles. The summed E-state index contributed by atoms with van der Waals surface area (Å²) in [6, 6.07) is 3.85. The van der Waals surface area contributed by atoms with E-state index in [1.165, 1.54) is 7.11 Å². The summed E-state index contributed by atoms with van der Waals surface area (Å²) in [5, 5.41) is 23.8. The number of phenols is 1. The van der Waals surface area contributed by atoms with Gasteiger partial charge in [-0.3, -0.25) is 4.79 Å². The van der Waals surface area contributed by atoms with Crippen LogP contribution >= 0.6 is 0 Å². The third-order valence-corrected chi connectivity index (χ3v) is 7.36. The molecular weight excluding hydrogens is 467 g/mol. The van der Waals surface area contributed by atoms with Crippen LogP contribution in [-0.4, -0.2) is 45.0 Å². The lowest BCUT2D eigenvalue weighted by Crippen LogP contribution is -2.49. The molecule has 2 aromatic heterocycles.